The molecule has 7 heteroatoms. The van der Waals surface area contributed by atoms with Crippen LogP contribution in [-0.4, -0.2) is 34.0 Å². The van der Waals surface area contributed by atoms with E-state index in [9.17, 15) is 18.0 Å². The third-order valence-electron chi connectivity index (χ3n) is 4.28. The van der Waals surface area contributed by atoms with E-state index in [0.717, 1.165) is 6.07 Å². The number of likely N-dealkylation sites (N-methyl/N-ethyl adjacent to an activating group) is 1. The van der Waals surface area contributed by atoms with Crippen molar-refractivity contribution in [2.75, 3.05) is 13.6 Å². The summed E-state index contributed by atoms with van der Waals surface area (Å²) in [5.74, 6) is -0.265. The van der Waals surface area contributed by atoms with Gasteiger partial charge < -0.3 is 4.90 Å². The van der Waals surface area contributed by atoms with Gasteiger partial charge in [0.1, 0.15) is 5.69 Å². The number of rotatable bonds is 5. The number of carbonyl (C=O) groups excluding carboxylic acids is 1. The quantitative estimate of drug-likeness (QED) is 0.591. The van der Waals surface area contributed by atoms with Crippen LogP contribution >= 0.6 is 0 Å². The number of halogens is 3. The Balaban J connectivity index is 2.05. The van der Waals surface area contributed by atoms with E-state index in [1.807, 2.05) is 0 Å². The summed E-state index contributed by atoms with van der Waals surface area (Å²) in [5, 5.41) is 0. The van der Waals surface area contributed by atoms with Gasteiger partial charge in [0.05, 0.1) is 18.1 Å². The van der Waals surface area contributed by atoms with E-state index in [1.54, 1.807) is 48.0 Å². The highest BCUT2D eigenvalue weighted by Gasteiger charge is 2.33. The minimum atomic E-state index is -4.46. The van der Waals surface area contributed by atoms with Gasteiger partial charge in [0, 0.05) is 19.3 Å². The summed E-state index contributed by atoms with van der Waals surface area (Å²) in [6.45, 7) is 3.97. The maximum absolute atomic E-state index is 13.4. The van der Waals surface area contributed by atoms with Crippen molar-refractivity contribution in [3.8, 4) is 16.8 Å². The number of hydrogen-bond acceptors (Lipinski definition) is 2. The number of imidazole rings is 1. The molecule has 1 heterocycles. The molecule has 0 aliphatic carbocycles. The molecule has 3 aromatic rings. The van der Waals surface area contributed by atoms with Gasteiger partial charge >= 0.3 is 6.18 Å². The molecule has 3 rings (SSSR count). The number of aromatic nitrogens is 2. The first-order valence-corrected chi connectivity index (χ1v) is 8.48. The lowest BCUT2D eigenvalue weighted by Crippen LogP contribution is -2.28. The van der Waals surface area contributed by atoms with Crippen LogP contribution < -0.4 is 0 Å². The highest BCUT2D eigenvalue weighted by Crippen LogP contribution is 2.37. The zero-order valence-corrected chi connectivity index (χ0v) is 15.1. The van der Waals surface area contributed by atoms with E-state index in [2.05, 4.69) is 11.6 Å². The van der Waals surface area contributed by atoms with E-state index in [4.69, 9.17) is 0 Å². The highest BCUT2D eigenvalue weighted by atomic mass is 19.4. The number of hydrogen-bond donors (Lipinski definition) is 0. The van der Waals surface area contributed by atoms with Gasteiger partial charge in [-0.2, -0.15) is 13.2 Å². The predicted molar refractivity (Wildman–Crippen MR) is 101 cm³/mol. The van der Waals surface area contributed by atoms with Crippen LogP contribution in [0.15, 0.2) is 73.7 Å². The molecule has 0 saturated heterocycles. The molecule has 0 spiro atoms. The van der Waals surface area contributed by atoms with Crippen molar-refractivity contribution >= 4 is 5.91 Å². The van der Waals surface area contributed by atoms with Crippen LogP contribution in [0.25, 0.3) is 16.8 Å². The van der Waals surface area contributed by atoms with Crippen molar-refractivity contribution in [3.05, 3.63) is 85.0 Å². The molecule has 1 amide bonds. The highest BCUT2D eigenvalue weighted by molar-refractivity contribution is 5.93. The summed E-state index contributed by atoms with van der Waals surface area (Å²) < 4.78 is 41.7. The van der Waals surface area contributed by atoms with Gasteiger partial charge in [-0.05, 0) is 29.3 Å². The fourth-order valence-corrected chi connectivity index (χ4v) is 2.94. The molecule has 0 unspecified atom stereocenters. The van der Waals surface area contributed by atoms with Gasteiger partial charge in [-0.25, -0.2) is 4.98 Å². The molecule has 0 N–H and O–H groups in total. The Kier molecular flexibility index (Phi) is 5.35. The summed E-state index contributed by atoms with van der Waals surface area (Å²) in [7, 11) is 1.64. The molecule has 0 fully saturated rings. The fourth-order valence-electron chi connectivity index (χ4n) is 2.94. The Morgan fingerprint density at radius 3 is 2.68 bits per heavy atom. The Morgan fingerprint density at radius 1 is 1.21 bits per heavy atom. The van der Waals surface area contributed by atoms with Crippen LogP contribution in [0.5, 0.6) is 0 Å². The second-order valence-electron chi connectivity index (χ2n) is 6.22. The molecule has 0 radical (unpaired) electrons. The summed E-state index contributed by atoms with van der Waals surface area (Å²) in [5.41, 5.74) is 0.623. The fraction of sp³-hybridized carbons (Fsp3) is 0.143. The number of nitrogens with zero attached hydrogens (tertiary/aromatic N) is 3. The first-order valence-electron chi connectivity index (χ1n) is 8.48. The van der Waals surface area contributed by atoms with Crippen LogP contribution in [-0.2, 0) is 6.18 Å². The van der Waals surface area contributed by atoms with Crippen LogP contribution in [0, 0.1) is 0 Å². The summed E-state index contributed by atoms with van der Waals surface area (Å²) in [6, 6.07) is 12.0. The first kappa shape index (κ1) is 19.4. The molecular weight excluding hydrogens is 367 g/mol. The first-order chi connectivity index (χ1) is 13.3. The van der Waals surface area contributed by atoms with Crippen molar-refractivity contribution in [2.24, 2.45) is 0 Å². The number of amides is 1. The topological polar surface area (TPSA) is 38.1 Å². The van der Waals surface area contributed by atoms with Crippen molar-refractivity contribution < 1.29 is 18.0 Å². The third kappa shape index (κ3) is 3.83. The van der Waals surface area contributed by atoms with Crippen molar-refractivity contribution in [1.82, 2.24) is 14.5 Å². The minimum Gasteiger partial charge on any atom is -0.337 e. The molecule has 0 aliphatic rings. The van der Waals surface area contributed by atoms with Crippen LogP contribution in [0.1, 0.15) is 16.1 Å². The van der Waals surface area contributed by atoms with Gasteiger partial charge in [0.25, 0.3) is 5.91 Å². The Hall–Kier alpha value is -3.35. The lowest BCUT2D eigenvalue weighted by Gasteiger charge is -2.17. The van der Waals surface area contributed by atoms with Gasteiger partial charge in [-0.3, -0.25) is 9.36 Å². The number of benzene rings is 2. The summed E-state index contributed by atoms with van der Waals surface area (Å²) in [6.07, 6.45) is 0.0332. The summed E-state index contributed by atoms with van der Waals surface area (Å²) >= 11 is 0. The largest absolute Gasteiger partial charge is 0.417 e. The van der Waals surface area contributed by atoms with Gasteiger partial charge in [0.2, 0.25) is 0 Å². The van der Waals surface area contributed by atoms with Crippen molar-refractivity contribution in [2.45, 2.75) is 6.18 Å². The molecule has 4 nitrogen and oxygen atoms in total. The molecule has 0 atom stereocenters. The second-order valence-corrected chi connectivity index (χ2v) is 6.22. The number of carbonyl (C=O) groups is 1. The smallest absolute Gasteiger partial charge is 0.337 e. The molecule has 1 aromatic heterocycles. The lowest BCUT2D eigenvalue weighted by atomic mass is 9.99. The zero-order chi connectivity index (χ0) is 20.3. The van der Waals surface area contributed by atoms with Crippen molar-refractivity contribution in [3.63, 3.8) is 0 Å². The Morgan fingerprint density at radius 2 is 1.96 bits per heavy atom. The molecule has 0 saturated carbocycles. The number of alkyl halides is 3. The van der Waals surface area contributed by atoms with E-state index in [0.29, 0.717) is 23.5 Å². The Bertz CT molecular complexity index is 1010. The molecule has 28 heavy (non-hydrogen) atoms. The molecular formula is C21H18F3N3O. The van der Waals surface area contributed by atoms with Crippen LogP contribution in [0.4, 0.5) is 13.2 Å². The maximum Gasteiger partial charge on any atom is 0.417 e. The van der Waals surface area contributed by atoms with Crippen molar-refractivity contribution in [1.29, 1.82) is 0 Å². The van der Waals surface area contributed by atoms with Gasteiger partial charge in [0.15, 0.2) is 0 Å². The van der Waals surface area contributed by atoms with Crippen LogP contribution in [0.2, 0.25) is 0 Å². The zero-order valence-electron chi connectivity index (χ0n) is 15.1. The molecule has 144 valence electrons. The molecule has 2 aromatic carbocycles. The predicted octanol–water partition coefficient (Wildman–Crippen LogP) is 4.82. The van der Waals surface area contributed by atoms with E-state index >= 15 is 0 Å². The Labute approximate surface area is 160 Å². The van der Waals surface area contributed by atoms with Crippen LogP contribution in [0.3, 0.4) is 0 Å². The van der Waals surface area contributed by atoms with E-state index in [1.165, 1.54) is 29.6 Å². The lowest BCUT2D eigenvalue weighted by molar-refractivity contribution is -0.137. The maximum atomic E-state index is 13.4. The second kappa shape index (κ2) is 7.72. The standard InChI is InChI=1S/C21H18F3N3O/c1-3-11-26(2)20(28)19-13-25-14-27(19)16-8-6-7-15(12-16)17-9-4-5-10-18(17)21(22,23)24/h3-10,12-14H,1,11H2,2H3. The van der Waals surface area contributed by atoms with E-state index < -0.39 is 11.7 Å². The summed E-state index contributed by atoms with van der Waals surface area (Å²) in [4.78, 5) is 18.1. The minimum absolute atomic E-state index is 0.0774. The normalized spacial score (nSPS) is 11.3. The SMILES string of the molecule is C=CCN(C)C(=O)c1cncn1-c1cccc(-c2ccccc2C(F)(F)F)c1. The molecule has 0 bridgehead atoms. The molecule has 0 aliphatic heterocycles. The average Bonchev–Trinajstić information content (AvgIpc) is 3.17. The third-order valence-corrected chi connectivity index (χ3v) is 4.28. The van der Waals surface area contributed by atoms with Gasteiger partial charge in [-0.15, -0.1) is 6.58 Å². The van der Waals surface area contributed by atoms with E-state index in [-0.39, 0.29) is 11.5 Å². The average molecular weight is 385 g/mol. The van der Waals surface area contributed by atoms with Gasteiger partial charge in [-0.1, -0.05) is 36.4 Å². The monoisotopic (exact) mass is 385 g/mol.